The molecule has 1 amide bonds. The molecule has 5 heteroatoms. The first-order valence-corrected chi connectivity index (χ1v) is 7.67. The molecule has 0 spiro atoms. The van der Waals surface area contributed by atoms with Crippen LogP contribution in [-0.4, -0.2) is 25.0 Å². The fraction of sp³-hybridized carbons (Fsp3) is 0.278. The molecule has 2 aromatic carbocycles. The van der Waals surface area contributed by atoms with Crippen molar-refractivity contribution in [2.75, 3.05) is 13.1 Å². The Balaban J connectivity index is 1.78. The summed E-state index contributed by atoms with van der Waals surface area (Å²) in [5.41, 5.74) is 1.30. The standard InChI is InChI=1S/C18H18F2N2O/c19-15-7-6-13(10-16(15)20)14-8-9-21-11-17(14)22-18(23)12-4-2-1-3-5-12/h1-7,10,14,17,21H,8-9,11H2,(H,22,23). The molecule has 2 unspecified atom stereocenters. The van der Waals surface area contributed by atoms with E-state index in [1.807, 2.05) is 6.07 Å². The molecule has 0 radical (unpaired) electrons. The third kappa shape index (κ3) is 3.56. The van der Waals surface area contributed by atoms with Gasteiger partial charge in [-0.2, -0.15) is 0 Å². The highest BCUT2D eigenvalue weighted by atomic mass is 19.2. The van der Waals surface area contributed by atoms with E-state index in [2.05, 4.69) is 10.6 Å². The van der Waals surface area contributed by atoms with Crippen molar-refractivity contribution in [3.63, 3.8) is 0 Å². The number of piperidine rings is 1. The van der Waals surface area contributed by atoms with E-state index in [1.165, 1.54) is 6.07 Å². The van der Waals surface area contributed by atoms with Gasteiger partial charge in [0.2, 0.25) is 0 Å². The van der Waals surface area contributed by atoms with Crippen LogP contribution in [0.25, 0.3) is 0 Å². The van der Waals surface area contributed by atoms with Crippen molar-refractivity contribution in [3.05, 3.63) is 71.3 Å². The minimum Gasteiger partial charge on any atom is -0.347 e. The summed E-state index contributed by atoms with van der Waals surface area (Å²) in [6.07, 6.45) is 0.755. The fourth-order valence-electron chi connectivity index (χ4n) is 2.99. The highest BCUT2D eigenvalue weighted by Crippen LogP contribution is 2.27. The molecule has 3 nitrogen and oxygen atoms in total. The summed E-state index contributed by atoms with van der Waals surface area (Å²) in [6.45, 7) is 1.38. The van der Waals surface area contributed by atoms with Gasteiger partial charge in [-0.05, 0) is 42.8 Å². The molecule has 0 saturated carbocycles. The van der Waals surface area contributed by atoms with E-state index in [-0.39, 0.29) is 17.9 Å². The number of nitrogens with one attached hydrogen (secondary N) is 2. The summed E-state index contributed by atoms with van der Waals surface area (Å²) in [5, 5.41) is 6.24. The van der Waals surface area contributed by atoms with Crippen molar-refractivity contribution in [1.29, 1.82) is 0 Å². The lowest BCUT2D eigenvalue weighted by Gasteiger charge is -2.33. The van der Waals surface area contributed by atoms with Gasteiger partial charge in [-0.15, -0.1) is 0 Å². The van der Waals surface area contributed by atoms with Crippen LogP contribution in [0.5, 0.6) is 0 Å². The molecule has 0 bridgehead atoms. The first-order valence-electron chi connectivity index (χ1n) is 7.67. The van der Waals surface area contributed by atoms with Crippen LogP contribution < -0.4 is 10.6 Å². The van der Waals surface area contributed by atoms with Crippen LogP contribution in [-0.2, 0) is 0 Å². The van der Waals surface area contributed by atoms with Gasteiger partial charge in [0.15, 0.2) is 11.6 Å². The zero-order valence-corrected chi connectivity index (χ0v) is 12.6. The maximum absolute atomic E-state index is 13.5. The van der Waals surface area contributed by atoms with Crippen molar-refractivity contribution < 1.29 is 13.6 Å². The van der Waals surface area contributed by atoms with Crippen molar-refractivity contribution in [2.45, 2.75) is 18.4 Å². The third-order valence-electron chi connectivity index (χ3n) is 4.21. The molecular formula is C18H18F2N2O. The second kappa shape index (κ2) is 6.87. The number of halogens is 2. The van der Waals surface area contributed by atoms with Crippen molar-refractivity contribution in [2.24, 2.45) is 0 Å². The molecule has 1 aliphatic rings. The lowest BCUT2D eigenvalue weighted by molar-refractivity contribution is 0.0924. The number of benzene rings is 2. The summed E-state index contributed by atoms with van der Waals surface area (Å²) >= 11 is 0. The molecule has 1 heterocycles. The topological polar surface area (TPSA) is 41.1 Å². The van der Waals surface area contributed by atoms with Crippen molar-refractivity contribution in [1.82, 2.24) is 10.6 Å². The Bertz CT molecular complexity index is 691. The molecule has 120 valence electrons. The summed E-state index contributed by atoms with van der Waals surface area (Å²) < 4.78 is 26.6. The molecule has 1 aliphatic heterocycles. The fourth-order valence-corrected chi connectivity index (χ4v) is 2.99. The summed E-state index contributed by atoms with van der Waals surface area (Å²) in [6, 6.07) is 12.8. The minimum atomic E-state index is -0.854. The number of amides is 1. The third-order valence-corrected chi connectivity index (χ3v) is 4.21. The molecule has 0 aliphatic carbocycles. The van der Waals surface area contributed by atoms with Crippen LogP contribution >= 0.6 is 0 Å². The van der Waals surface area contributed by atoms with Crippen LogP contribution in [0.1, 0.15) is 28.3 Å². The van der Waals surface area contributed by atoms with E-state index < -0.39 is 11.6 Å². The normalized spacial score (nSPS) is 21.0. The Morgan fingerprint density at radius 2 is 1.87 bits per heavy atom. The van der Waals surface area contributed by atoms with Crippen LogP contribution in [0, 0.1) is 11.6 Å². The van der Waals surface area contributed by atoms with Gasteiger partial charge in [0, 0.05) is 24.1 Å². The second-order valence-electron chi connectivity index (χ2n) is 5.72. The highest BCUT2D eigenvalue weighted by molar-refractivity contribution is 5.94. The van der Waals surface area contributed by atoms with E-state index in [4.69, 9.17) is 0 Å². The van der Waals surface area contributed by atoms with Crippen molar-refractivity contribution in [3.8, 4) is 0 Å². The van der Waals surface area contributed by atoms with E-state index in [1.54, 1.807) is 30.3 Å². The molecule has 2 aromatic rings. The number of hydrogen-bond donors (Lipinski definition) is 2. The predicted molar refractivity (Wildman–Crippen MR) is 84.3 cm³/mol. The van der Waals surface area contributed by atoms with Crippen LogP contribution in [0.3, 0.4) is 0 Å². The van der Waals surface area contributed by atoms with E-state index >= 15 is 0 Å². The molecule has 2 N–H and O–H groups in total. The molecule has 2 atom stereocenters. The maximum Gasteiger partial charge on any atom is 0.251 e. The quantitative estimate of drug-likeness (QED) is 0.914. The Hall–Kier alpha value is -2.27. The van der Waals surface area contributed by atoms with Gasteiger partial charge in [-0.3, -0.25) is 4.79 Å². The van der Waals surface area contributed by atoms with Gasteiger partial charge in [0.25, 0.3) is 5.91 Å². The highest BCUT2D eigenvalue weighted by Gasteiger charge is 2.28. The zero-order valence-electron chi connectivity index (χ0n) is 12.6. The van der Waals surface area contributed by atoms with Gasteiger partial charge < -0.3 is 10.6 Å². The van der Waals surface area contributed by atoms with E-state index in [9.17, 15) is 13.6 Å². The van der Waals surface area contributed by atoms with Crippen LogP contribution in [0.15, 0.2) is 48.5 Å². The summed E-state index contributed by atoms with van der Waals surface area (Å²) in [5.74, 6) is -1.91. The largest absolute Gasteiger partial charge is 0.347 e. The van der Waals surface area contributed by atoms with Crippen LogP contribution in [0.2, 0.25) is 0 Å². The lowest BCUT2D eigenvalue weighted by Crippen LogP contribution is -2.50. The van der Waals surface area contributed by atoms with E-state index in [0.29, 0.717) is 17.7 Å². The van der Waals surface area contributed by atoms with Crippen LogP contribution in [0.4, 0.5) is 8.78 Å². The number of hydrogen-bond acceptors (Lipinski definition) is 2. The first kappa shape index (κ1) is 15.6. The molecular weight excluding hydrogens is 298 g/mol. The minimum absolute atomic E-state index is 0.0426. The Labute approximate surface area is 133 Å². The van der Waals surface area contributed by atoms with Gasteiger partial charge in [-0.1, -0.05) is 24.3 Å². The second-order valence-corrected chi connectivity index (χ2v) is 5.72. The Kier molecular flexibility index (Phi) is 4.67. The summed E-state index contributed by atoms with van der Waals surface area (Å²) in [7, 11) is 0. The number of rotatable bonds is 3. The molecule has 1 fully saturated rings. The van der Waals surface area contributed by atoms with Gasteiger partial charge in [0.1, 0.15) is 0 Å². The Morgan fingerprint density at radius 1 is 1.09 bits per heavy atom. The SMILES string of the molecule is O=C(NC1CNCCC1c1ccc(F)c(F)c1)c1ccccc1. The summed E-state index contributed by atoms with van der Waals surface area (Å²) in [4.78, 5) is 12.3. The van der Waals surface area contributed by atoms with Crippen molar-refractivity contribution >= 4 is 5.91 Å². The lowest BCUT2D eigenvalue weighted by atomic mass is 9.86. The average Bonchev–Trinajstić information content (AvgIpc) is 2.59. The molecule has 1 saturated heterocycles. The molecule has 23 heavy (non-hydrogen) atoms. The first-order chi connectivity index (χ1) is 11.1. The van der Waals surface area contributed by atoms with Gasteiger partial charge >= 0.3 is 0 Å². The molecule has 0 aromatic heterocycles. The Morgan fingerprint density at radius 3 is 2.61 bits per heavy atom. The maximum atomic E-state index is 13.5. The zero-order chi connectivity index (χ0) is 16.2. The smallest absolute Gasteiger partial charge is 0.251 e. The predicted octanol–water partition coefficient (Wildman–Crippen LogP) is 2.84. The number of carbonyl (C=O) groups excluding carboxylic acids is 1. The van der Waals surface area contributed by atoms with Gasteiger partial charge in [0.05, 0.1) is 0 Å². The van der Waals surface area contributed by atoms with Gasteiger partial charge in [-0.25, -0.2) is 8.78 Å². The van der Waals surface area contributed by atoms with E-state index in [0.717, 1.165) is 19.0 Å². The molecule has 3 rings (SSSR count). The average molecular weight is 316 g/mol. The number of carbonyl (C=O) groups is 1. The monoisotopic (exact) mass is 316 g/mol.